The van der Waals surface area contributed by atoms with E-state index in [1.54, 1.807) is 13.3 Å². The first-order valence-corrected chi connectivity index (χ1v) is 6.08. The van der Waals surface area contributed by atoms with Crippen LogP contribution < -0.4 is 10.1 Å². The van der Waals surface area contributed by atoms with Crippen molar-refractivity contribution in [2.45, 2.75) is 6.04 Å². The number of hydrogen-bond donors (Lipinski definition) is 2. The summed E-state index contributed by atoms with van der Waals surface area (Å²) in [6, 6.07) is 0.343. The standard InChI is InChI=1S/C12H17N5O/c1-17-4-3-13-6-9(17)8-5-15-12-11(8)14-7-10(16-12)18-2/h5,7,9,13H,3-4,6H2,1-2H3,(H,15,16). The fraction of sp³-hybridized carbons (Fsp3) is 0.500. The van der Waals surface area contributed by atoms with Crippen LogP contribution in [0, 0.1) is 0 Å². The Hall–Kier alpha value is -1.66. The van der Waals surface area contributed by atoms with Gasteiger partial charge in [0.15, 0.2) is 5.65 Å². The van der Waals surface area contributed by atoms with Gasteiger partial charge < -0.3 is 15.0 Å². The largest absolute Gasteiger partial charge is 0.480 e. The van der Waals surface area contributed by atoms with Gasteiger partial charge in [0, 0.05) is 31.4 Å². The molecule has 0 amide bonds. The molecule has 2 aromatic rings. The van der Waals surface area contributed by atoms with Crippen LogP contribution in [0.25, 0.3) is 11.2 Å². The minimum atomic E-state index is 0.343. The molecule has 1 aliphatic heterocycles. The molecule has 1 unspecified atom stereocenters. The summed E-state index contributed by atoms with van der Waals surface area (Å²) in [5, 5.41) is 3.41. The van der Waals surface area contributed by atoms with Crippen molar-refractivity contribution in [3.63, 3.8) is 0 Å². The number of piperazine rings is 1. The fourth-order valence-corrected chi connectivity index (χ4v) is 2.40. The van der Waals surface area contributed by atoms with Gasteiger partial charge in [-0.15, -0.1) is 0 Å². The van der Waals surface area contributed by atoms with E-state index in [9.17, 15) is 0 Å². The molecule has 1 atom stereocenters. The first-order valence-electron chi connectivity index (χ1n) is 6.08. The number of ether oxygens (including phenoxy) is 1. The molecule has 2 N–H and O–H groups in total. The number of rotatable bonds is 2. The number of hydrogen-bond acceptors (Lipinski definition) is 5. The highest BCUT2D eigenvalue weighted by Gasteiger charge is 2.24. The Kier molecular flexibility index (Phi) is 2.89. The summed E-state index contributed by atoms with van der Waals surface area (Å²) < 4.78 is 5.08. The maximum atomic E-state index is 5.08. The number of aromatic amines is 1. The van der Waals surface area contributed by atoms with Gasteiger partial charge in [-0.1, -0.05) is 0 Å². The first-order chi connectivity index (χ1) is 8.79. The van der Waals surface area contributed by atoms with Crippen LogP contribution >= 0.6 is 0 Å². The zero-order valence-electron chi connectivity index (χ0n) is 10.6. The molecule has 3 heterocycles. The number of likely N-dealkylation sites (N-methyl/N-ethyl adjacent to an activating group) is 1. The molecule has 1 fully saturated rings. The minimum absolute atomic E-state index is 0.343. The highest BCUT2D eigenvalue weighted by molar-refractivity contribution is 5.76. The van der Waals surface area contributed by atoms with E-state index >= 15 is 0 Å². The predicted octanol–water partition coefficient (Wildman–Crippen LogP) is 0.543. The molecule has 0 aromatic carbocycles. The van der Waals surface area contributed by atoms with Crippen molar-refractivity contribution in [3.05, 3.63) is 18.0 Å². The lowest BCUT2D eigenvalue weighted by atomic mass is 10.1. The summed E-state index contributed by atoms with van der Waals surface area (Å²) in [5.41, 5.74) is 2.90. The number of methoxy groups -OCH3 is 1. The highest BCUT2D eigenvalue weighted by atomic mass is 16.5. The average Bonchev–Trinajstić information content (AvgIpc) is 2.82. The van der Waals surface area contributed by atoms with Crippen LogP contribution in [-0.4, -0.2) is 53.6 Å². The van der Waals surface area contributed by atoms with Crippen LogP contribution in [0.15, 0.2) is 12.4 Å². The van der Waals surface area contributed by atoms with Gasteiger partial charge in [-0.05, 0) is 7.05 Å². The lowest BCUT2D eigenvalue weighted by molar-refractivity contribution is 0.203. The lowest BCUT2D eigenvalue weighted by Gasteiger charge is -2.32. The molecule has 3 rings (SSSR count). The summed E-state index contributed by atoms with van der Waals surface area (Å²) in [4.78, 5) is 14.3. The third kappa shape index (κ3) is 1.83. The van der Waals surface area contributed by atoms with Crippen molar-refractivity contribution in [1.82, 2.24) is 25.2 Å². The molecular weight excluding hydrogens is 230 g/mol. The molecule has 0 aliphatic carbocycles. The molecule has 0 radical (unpaired) electrons. The second-order valence-electron chi connectivity index (χ2n) is 4.55. The van der Waals surface area contributed by atoms with Crippen LogP contribution in [0.4, 0.5) is 0 Å². The maximum absolute atomic E-state index is 5.08. The molecule has 0 bridgehead atoms. The molecular formula is C12H17N5O. The molecule has 1 saturated heterocycles. The third-order valence-corrected chi connectivity index (χ3v) is 3.47. The molecule has 0 saturated carbocycles. The van der Waals surface area contributed by atoms with Crippen LogP contribution in [0.1, 0.15) is 11.6 Å². The summed E-state index contributed by atoms with van der Waals surface area (Å²) >= 11 is 0. The minimum Gasteiger partial charge on any atom is -0.480 e. The second-order valence-corrected chi connectivity index (χ2v) is 4.55. The number of nitrogens with one attached hydrogen (secondary N) is 2. The molecule has 96 valence electrons. The molecule has 0 spiro atoms. The van der Waals surface area contributed by atoms with Crippen LogP contribution in [0.2, 0.25) is 0 Å². The Balaban J connectivity index is 2.01. The summed E-state index contributed by atoms with van der Waals surface area (Å²) in [6.07, 6.45) is 3.66. The molecule has 2 aromatic heterocycles. The van der Waals surface area contributed by atoms with Gasteiger partial charge in [-0.25, -0.2) is 4.98 Å². The SMILES string of the molecule is COc1cnc2c(C3CNCCN3C)c[nH]c2n1. The van der Waals surface area contributed by atoms with Gasteiger partial charge in [0.2, 0.25) is 5.88 Å². The highest BCUT2D eigenvalue weighted by Crippen LogP contribution is 2.26. The van der Waals surface area contributed by atoms with Crippen molar-refractivity contribution in [2.24, 2.45) is 0 Å². The van der Waals surface area contributed by atoms with E-state index in [0.29, 0.717) is 11.9 Å². The maximum Gasteiger partial charge on any atom is 0.234 e. The van der Waals surface area contributed by atoms with Gasteiger partial charge in [0.25, 0.3) is 0 Å². The number of H-pyrrole nitrogens is 1. The normalized spacial score (nSPS) is 21.3. The van der Waals surface area contributed by atoms with E-state index in [1.165, 1.54) is 5.56 Å². The van der Waals surface area contributed by atoms with Crippen molar-refractivity contribution in [2.75, 3.05) is 33.8 Å². The smallest absolute Gasteiger partial charge is 0.234 e. The Bertz CT molecular complexity index is 552. The summed E-state index contributed by atoms with van der Waals surface area (Å²) in [5.74, 6) is 0.533. The van der Waals surface area contributed by atoms with E-state index in [1.807, 2.05) is 6.20 Å². The lowest BCUT2D eigenvalue weighted by Crippen LogP contribution is -2.43. The fourth-order valence-electron chi connectivity index (χ4n) is 2.40. The first kappa shape index (κ1) is 11.4. The van der Waals surface area contributed by atoms with Gasteiger partial charge in [0.1, 0.15) is 5.52 Å². The Labute approximate surface area is 105 Å². The van der Waals surface area contributed by atoms with Crippen molar-refractivity contribution >= 4 is 11.2 Å². The third-order valence-electron chi connectivity index (χ3n) is 3.47. The Morgan fingerprint density at radius 1 is 1.50 bits per heavy atom. The monoisotopic (exact) mass is 247 g/mol. The number of fused-ring (bicyclic) bond motifs is 1. The average molecular weight is 247 g/mol. The van der Waals surface area contributed by atoms with E-state index in [0.717, 1.165) is 30.8 Å². The summed E-state index contributed by atoms with van der Waals surface area (Å²) in [6.45, 7) is 3.02. The molecule has 6 heteroatoms. The van der Waals surface area contributed by atoms with Crippen molar-refractivity contribution < 1.29 is 4.74 Å². The van der Waals surface area contributed by atoms with Gasteiger partial charge in [-0.2, -0.15) is 4.98 Å². The van der Waals surface area contributed by atoms with E-state index in [4.69, 9.17) is 4.74 Å². The van der Waals surface area contributed by atoms with E-state index in [2.05, 4.69) is 32.2 Å². The van der Waals surface area contributed by atoms with Crippen LogP contribution in [-0.2, 0) is 0 Å². The molecule has 6 nitrogen and oxygen atoms in total. The van der Waals surface area contributed by atoms with Crippen molar-refractivity contribution in [3.8, 4) is 5.88 Å². The van der Waals surface area contributed by atoms with Gasteiger partial charge >= 0.3 is 0 Å². The molecule has 18 heavy (non-hydrogen) atoms. The number of nitrogens with zero attached hydrogens (tertiary/aromatic N) is 3. The number of aromatic nitrogens is 3. The second kappa shape index (κ2) is 4.55. The zero-order chi connectivity index (χ0) is 12.5. The van der Waals surface area contributed by atoms with Crippen LogP contribution in [0.3, 0.4) is 0 Å². The van der Waals surface area contributed by atoms with Crippen LogP contribution in [0.5, 0.6) is 5.88 Å². The van der Waals surface area contributed by atoms with Gasteiger partial charge in [-0.3, -0.25) is 4.90 Å². The van der Waals surface area contributed by atoms with Gasteiger partial charge in [0.05, 0.1) is 19.3 Å². The molecule has 1 aliphatic rings. The van der Waals surface area contributed by atoms with E-state index in [-0.39, 0.29) is 0 Å². The quantitative estimate of drug-likeness (QED) is 0.811. The summed E-state index contributed by atoms with van der Waals surface area (Å²) in [7, 11) is 3.74. The zero-order valence-corrected chi connectivity index (χ0v) is 10.6. The van der Waals surface area contributed by atoms with Crippen molar-refractivity contribution in [1.29, 1.82) is 0 Å². The predicted molar refractivity (Wildman–Crippen MR) is 68.7 cm³/mol. The topological polar surface area (TPSA) is 66.1 Å². The Morgan fingerprint density at radius 3 is 3.17 bits per heavy atom. The Morgan fingerprint density at radius 2 is 2.39 bits per heavy atom. The van der Waals surface area contributed by atoms with E-state index < -0.39 is 0 Å².